The van der Waals surface area contributed by atoms with Gasteiger partial charge in [0.15, 0.2) is 0 Å². The van der Waals surface area contributed by atoms with Crippen LogP contribution in [0.25, 0.3) is 0 Å². The zero-order chi connectivity index (χ0) is 10.6. The molecule has 0 aliphatic carbocycles. The third kappa shape index (κ3) is 9.32. The fourth-order valence-electron chi connectivity index (χ4n) is 1.38. The van der Waals surface area contributed by atoms with Gasteiger partial charge in [0, 0.05) is 0 Å². The van der Waals surface area contributed by atoms with Crippen LogP contribution in [0, 0.1) is 0 Å². The summed E-state index contributed by atoms with van der Waals surface area (Å²) in [7, 11) is 0. The molecule has 0 bridgehead atoms. The molecule has 0 atom stereocenters. The van der Waals surface area contributed by atoms with Crippen molar-refractivity contribution in [3.8, 4) is 0 Å². The molecule has 0 saturated heterocycles. The molecule has 0 aliphatic heterocycles. The number of unbranched alkanes of at least 4 members (excludes halogenated alkanes) is 3. The average Bonchev–Trinajstić information content (AvgIpc) is 2.21. The van der Waals surface area contributed by atoms with Crippen LogP contribution in [0.2, 0.25) is 4.44 Å². The van der Waals surface area contributed by atoms with Crippen molar-refractivity contribution in [2.24, 2.45) is 0 Å². The molecule has 0 spiro atoms. The first kappa shape index (κ1) is 14.8. The first-order valence-corrected chi connectivity index (χ1v) is 9.63. The van der Waals surface area contributed by atoms with Crippen molar-refractivity contribution in [3.63, 3.8) is 0 Å². The topological polar surface area (TPSA) is 3.24 Å². The first-order valence-electron chi connectivity index (χ1n) is 6.33. The predicted molar refractivity (Wildman–Crippen MR) is 66.9 cm³/mol. The summed E-state index contributed by atoms with van der Waals surface area (Å²) in [6.07, 6.45) is 8.40. The van der Waals surface area contributed by atoms with E-state index in [0.717, 1.165) is 0 Å². The molecular weight excluding hydrogens is 277 g/mol. The van der Waals surface area contributed by atoms with Gasteiger partial charge in [-0.3, -0.25) is 0 Å². The summed E-state index contributed by atoms with van der Waals surface area (Å²) in [6, 6.07) is 0. The molecule has 0 saturated carbocycles. The van der Waals surface area contributed by atoms with Gasteiger partial charge < -0.3 is 0 Å². The van der Waals surface area contributed by atoms with Crippen LogP contribution in [0.5, 0.6) is 0 Å². The molecule has 2 heteroatoms. The van der Waals surface area contributed by atoms with E-state index in [0.29, 0.717) is 0 Å². The van der Waals surface area contributed by atoms with E-state index in [2.05, 4.69) is 23.9 Å². The van der Waals surface area contributed by atoms with Gasteiger partial charge in [-0.2, -0.15) is 0 Å². The van der Waals surface area contributed by atoms with Crippen LogP contribution in [-0.4, -0.2) is 37.6 Å². The summed E-state index contributed by atoms with van der Waals surface area (Å²) in [5.74, 6) is 0. The number of nitrogens with zero attached hydrogens (tertiary/aromatic N) is 1. The van der Waals surface area contributed by atoms with Crippen molar-refractivity contribution in [3.05, 3.63) is 0 Å². The van der Waals surface area contributed by atoms with Crippen molar-refractivity contribution in [2.45, 2.75) is 63.7 Å². The van der Waals surface area contributed by atoms with Crippen LogP contribution >= 0.6 is 0 Å². The van der Waals surface area contributed by atoms with Crippen molar-refractivity contribution >= 4 is 21.4 Å². The number of hydrogen-bond acceptors (Lipinski definition) is 1. The molecule has 14 heavy (non-hydrogen) atoms. The molecule has 0 unspecified atom stereocenters. The Morgan fingerprint density at radius 3 is 1.71 bits per heavy atom. The normalized spacial score (nSPS) is 11.1. The minimum absolute atomic E-state index is 0.166. The van der Waals surface area contributed by atoms with Gasteiger partial charge in [0.05, 0.1) is 0 Å². The fraction of sp³-hybridized carbons (Fsp3) is 1.00. The average molecular weight is 304 g/mol. The van der Waals surface area contributed by atoms with Crippen molar-refractivity contribution < 1.29 is 0 Å². The third-order valence-corrected chi connectivity index (χ3v) is 6.63. The van der Waals surface area contributed by atoms with Crippen LogP contribution in [0.3, 0.4) is 0 Å². The summed E-state index contributed by atoms with van der Waals surface area (Å²) in [4.78, 5) is 0. The van der Waals surface area contributed by atoms with E-state index in [9.17, 15) is 0 Å². The van der Waals surface area contributed by atoms with Gasteiger partial charge in [-0.05, 0) is 0 Å². The molecule has 0 heterocycles. The molecule has 0 aliphatic rings. The Hall–Kier alpha value is 0.759. The Labute approximate surface area is 101 Å². The second-order valence-corrected chi connectivity index (χ2v) is 8.09. The molecule has 2 radical (unpaired) electrons. The maximum atomic E-state index is 2.83. The van der Waals surface area contributed by atoms with E-state index in [-0.39, 0.29) is 21.4 Å². The van der Waals surface area contributed by atoms with Crippen LogP contribution < -0.4 is 0 Å². The summed E-state index contributed by atoms with van der Waals surface area (Å²) in [6.45, 7) is 9.70. The Morgan fingerprint density at radius 2 is 1.29 bits per heavy atom. The summed E-state index contributed by atoms with van der Waals surface area (Å²) >= 11 is -0.166. The van der Waals surface area contributed by atoms with Gasteiger partial charge in [0.25, 0.3) is 0 Å². The standard InChI is InChI=1S/C8H18N.C4H9.Sn/c1-3-5-7-9-8-6-4-2;1-3-4-2;/h3-8H2,1-2H3;1,3-4H2,2H3;/q-1;;+1. The Bertz CT molecular complexity index is 98.5. The van der Waals surface area contributed by atoms with Gasteiger partial charge >= 0.3 is 101 Å². The van der Waals surface area contributed by atoms with Crippen molar-refractivity contribution in [1.82, 2.24) is 3.12 Å². The summed E-state index contributed by atoms with van der Waals surface area (Å²) in [5, 5.41) is 0. The van der Waals surface area contributed by atoms with E-state index in [1.54, 1.807) is 4.44 Å². The van der Waals surface area contributed by atoms with Gasteiger partial charge in [-0.15, -0.1) is 0 Å². The predicted octanol–water partition coefficient (Wildman–Crippen LogP) is 3.73. The maximum absolute atomic E-state index is 2.83. The van der Waals surface area contributed by atoms with Gasteiger partial charge in [-0.25, -0.2) is 0 Å². The molecule has 0 fully saturated rings. The molecule has 0 aromatic heterocycles. The van der Waals surface area contributed by atoms with Gasteiger partial charge in [0.2, 0.25) is 0 Å². The molecular formula is C12H27NSn. The van der Waals surface area contributed by atoms with E-state index in [4.69, 9.17) is 0 Å². The molecule has 0 amide bonds. The van der Waals surface area contributed by atoms with Crippen molar-refractivity contribution in [2.75, 3.05) is 13.1 Å². The van der Waals surface area contributed by atoms with Crippen LogP contribution in [-0.2, 0) is 0 Å². The van der Waals surface area contributed by atoms with E-state index >= 15 is 0 Å². The molecule has 0 rings (SSSR count). The van der Waals surface area contributed by atoms with Crippen LogP contribution in [0.4, 0.5) is 0 Å². The van der Waals surface area contributed by atoms with E-state index in [1.165, 1.54) is 51.6 Å². The SMILES string of the molecule is CCC[CH2][Sn][N](CCCC)CCCC. The molecule has 0 aromatic carbocycles. The molecule has 84 valence electrons. The second-order valence-electron chi connectivity index (χ2n) is 3.96. The minimum atomic E-state index is -0.166. The molecule has 1 nitrogen and oxygen atoms in total. The summed E-state index contributed by atoms with van der Waals surface area (Å²) < 4.78 is 4.39. The third-order valence-electron chi connectivity index (χ3n) is 2.43. The zero-order valence-corrected chi connectivity index (χ0v) is 13.2. The first-order chi connectivity index (χ1) is 6.85. The Balaban J connectivity index is 3.49. The molecule has 0 N–H and O–H groups in total. The Kier molecular flexibility index (Phi) is 12.5. The van der Waals surface area contributed by atoms with E-state index < -0.39 is 0 Å². The second kappa shape index (κ2) is 11.8. The molecule has 0 aromatic rings. The van der Waals surface area contributed by atoms with Crippen LogP contribution in [0.15, 0.2) is 0 Å². The van der Waals surface area contributed by atoms with Gasteiger partial charge in [-0.1, -0.05) is 0 Å². The fourth-order valence-corrected chi connectivity index (χ4v) is 5.55. The monoisotopic (exact) mass is 305 g/mol. The van der Waals surface area contributed by atoms with Gasteiger partial charge in [0.1, 0.15) is 0 Å². The van der Waals surface area contributed by atoms with Crippen LogP contribution in [0.1, 0.15) is 59.3 Å². The zero-order valence-electron chi connectivity index (χ0n) is 10.3. The Morgan fingerprint density at radius 1 is 0.786 bits per heavy atom. The number of hydrogen-bond donors (Lipinski definition) is 0. The number of rotatable bonds is 10. The quantitative estimate of drug-likeness (QED) is 0.439. The van der Waals surface area contributed by atoms with E-state index in [1.807, 2.05) is 0 Å². The summed E-state index contributed by atoms with van der Waals surface area (Å²) in [5.41, 5.74) is 0. The van der Waals surface area contributed by atoms with Crippen molar-refractivity contribution in [1.29, 1.82) is 0 Å².